The number of rotatable bonds is 8. The number of hydrogen-bond donors (Lipinski definition) is 1. The third-order valence-electron chi connectivity index (χ3n) is 2.94. The summed E-state index contributed by atoms with van der Waals surface area (Å²) in [5.41, 5.74) is 0.600. The Morgan fingerprint density at radius 1 is 1.05 bits per heavy atom. The highest BCUT2D eigenvalue weighted by molar-refractivity contribution is 5.94. The van der Waals surface area contributed by atoms with Crippen LogP contribution in [-0.2, 0) is 4.79 Å². The summed E-state index contributed by atoms with van der Waals surface area (Å²) in [6.07, 6.45) is 0.797. The first kappa shape index (κ1) is 16.2. The smallest absolute Gasteiger partial charge is 0.305 e. The van der Waals surface area contributed by atoms with Crippen LogP contribution in [0.1, 0.15) is 23.2 Å². The van der Waals surface area contributed by atoms with E-state index >= 15 is 0 Å². The predicted octanol–water partition coefficient (Wildman–Crippen LogP) is 1.56. The highest BCUT2D eigenvalue weighted by Gasteiger charge is 2.16. The van der Waals surface area contributed by atoms with Crippen molar-refractivity contribution >= 4 is 11.9 Å². The molecule has 1 aromatic carbocycles. The minimum absolute atomic E-state index is 0.0272. The molecule has 0 saturated heterocycles. The summed E-state index contributed by atoms with van der Waals surface area (Å²) in [6.45, 7) is 1.68. The van der Waals surface area contributed by atoms with Crippen molar-refractivity contribution in [3.05, 3.63) is 35.9 Å². The standard InChI is InChI=1S/C15H22N2O3/c1-16(2)10-6-11-17(12-9-14(18)19)15(20)13-7-4-3-5-8-13/h3-5,7-8H,6,9-12H2,1-2H3,(H,18,19). The lowest BCUT2D eigenvalue weighted by molar-refractivity contribution is -0.137. The quantitative estimate of drug-likeness (QED) is 0.784. The lowest BCUT2D eigenvalue weighted by atomic mass is 10.2. The Bertz CT molecular complexity index is 432. The van der Waals surface area contributed by atoms with Crippen LogP contribution in [0.15, 0.2) is 30.3 Å². The van der Waals surface area contributed by atoms with Crippen molar-refractivity contribution in [1.29, 1.82) is 0 Å². The molecule has 0 spiro atoms. The van der Waals surface area contributed by atoms with Gasteiger partial charge in [0.25, 0.3) is 5.91 Å². The van der Waals surface area contributed by atoms with Gasteiger partial charge in [-0.3, -0.25) is 9.59 Å². The molecule has 0 atom stereocenters. The Labute approximate surface area is 119 Å². The van der Waals surface area contributed by atoms with E-state index in [-0.39, 0.29) is 18.9 Å². The van der Waals surface area contributed by atoms with E-state index in [1.165, 1.54) is 0 Å². The van der Waals surface area contributed by atoms with Gasteiger partial charge in [-0.2, -0.15) is 0 Å². The zero-order valence-corrected chi connectivity index (χ0v) is 12.1. The van der Waals surface area contributed by atoms with Crippen LogP contribution in [0, 0.1) is 0 Å². The molecule has 0 fully saturated rings. The molecule has 1 amide bonds. The highest BCUT2D eigenvalue weighted by Crippen LogP contribution is 2.06. The van der Waals surface area contributed by atoms with Crippen LogP contribution in [0.2, 0.25) is 0 Å². The van der Waals surface area contributed by atoms with E-state index in [1.54, 1.807) is 17.0 Å². The zero-order valence-electron chi connectivity index (χ0n) is 12.1. The minimum Gasteiger partial charge on any atom is -0.481 e. The maximum Gasteiger partial charge on any atom is 0.305 e. The molecular formula is C15H22N2O3. The van der Waals surface area contributed by atoms with Crippen molar-refractivity contribution < 1.29 is 14.7 Å². The van der Waals surface area contributed by atoms with Gasteiger partial charge >= 0.3 is 5.97 Å². The largest absolute Gasteiger partial charge is 0.481 e. The molecule has 0 unspecified atom stereocenters. The number of carbonyl (C=O) groups excluding carboxylic acids is 1. The van der Waals surface area contributed by atoms with Gasteiger partial charge < -0.3 is 14.9 Å². The second kappa shape index (κ2) is 8.32. The number of nitrogens with zero attached hydrogens (tertiary/aromatic N) is 2. The number of benzene rings is 1. The number of carbonyl (C=O) groups is 2. The van der Waals surface area contributed by atoms with Gasteiger partial charge in [0.05, 0.1) is 6.42 Å². The van der Waals surface area contributed by atoms with E-state index in [4.69, 9.17) is 5.11 Å². The first-order chi connectivity index (χ1) is 9.50. The fourth-order valence-electron chi connectivity index (χ4n) is 1.89. The van der Waals surface area contributed by atoms with Crippen LogP contribution < -0.4 is 0 Å². The summed E-state index contributed by atoms with van der Waals surface area (Å²) in [6, 6.07) is 8.97. The van der Waals surface area contributed by atoms with Gasteiger partial charge in [-0.25, -0.2) is 0 Å². The number of carboxylic acid groups (broad SMARTS) is 1. The van der Waals surface area contributed by atoms with Gasteiger partial charge in [0, 0.05) is 18.7 Å². The molecule has 0 bridgehead atoms. The van der Waals surface area contributed by atoms with Gasteiger partial charge in [-0.1, -0.05) is 18.2 Å². The van der Waals surface area contributed by atoms with Gasteiger partial charge in [0.1, 0.15) is 0 Å². The lowest BCUT2D eigenvalue weighted by Crippen LogP contribution is -2.35. The Kier molecular flexibility index (Phi) is 6.73. The fraction of sp³-hybridized carbons (Fsp3) is 0.467. The van der Waals surface area contributed by atoms with Crippen molar-refractivity contribution in [2.75, 3.05) is 33.7 Å². The normalized spacial score (nSPS) is 10.6. The third-order valence-corrected chi connectivity index (χ3v) is 2.94. The van der Waals surface area contributed by atoms with E-state index in [0.717, 1.165) is 13.0 Å². The molecule has 0 heterocycles. The molecule has 1 N–H and O–H groups in total. The van der Waals surface area contributed by atoms with Crippen LogP contribution in [0.5, 0.6) is 0 Å². The number of aliphatic carboxylic acids is 1. The fourth-order valence-corrected chi connectivity index (χ4v) is 1.89. The second-order valence-electron chi connectivity index (χ2n) is 4.96. The maximum atomic E-state index is 12.4. The second-order valence-corrected chi connectivity index (χ2v) is 4.96. The Balaban J connectivity index is 2.65. The molecule has 20 heavy (non-hydrogen) atoms. The summed E-state index contributed by atoms with van der Waals surface area (Å²) in [7, 11) is 3.95. The monoisotopic (exact) mass is 278 g/mol. The molecule has 5 nitrogen and oxygen atoms in total. The number of carboxylic acids is 1. The summed E-state index contributed by atoms with van der Waals surface area (Å²) in [5, 5.41) is 8.78. The van der Waals surface area contributed by atoms with E-state index in [2.05, 4.69) is 0 Å². The average molecular weight is 278 g/mol. The van der Waals surface area contributed by atoms with Crippen molar-refractivity contribution in [3.8, 4) is 0 Å². The minimum atomic E-state index is -0.886. The first-order valence-corrected chi connectivity index (χ1v) is 6.71. The average Bonchev–Trinajstić information content (AvgIpc) is 2.42. The molecule has 110 valence electrons. The van der Waals surface area contributed by atoms with Gasteiger partial charge in [0.2, 0.25) is 0 Å². The van der Waals surface area contributed by atoms with Crippen LogP contribution in [0.25, 0.3) is 0 Å². The van der Waals surface area contributed by atoms with E-state index in [0.29, 0.717) is 12.1 Å². The molecule has 5 heteroatoms. The molecule has 0 aliphatic carbocycles. The zero-order chi connectivity index (χ0) is 15.0. The van der Waals surface area contributed by atoms with Crippen molar-refractivity contribution in [1.82, 2.24) is 9.80 Å². The van der Waals surface area contributed by atoms with Gasteiger partial charge in [0.15, 0.2) is 0 Å². The molecule has 0 aliphatic heterocycles. The molecule has 0 radical (unpaired) electrons. The van der Waals surface area contributed by atoms with Crippen molar-refractivity contribution in [2.24, 2.45) is 0 Å². The van der Waals surface area contributed by atoms with Crippen LogP contribution in [-0.4, -0.2) is 60.5 Å². The van der Waals surface area contributed by atoms with Gasteiger partial charge in [-0.15, -0.1) is 0 Å². The first-order valence-electron chi connectivity index (χ1n) is 6.71. The van der Waals surface area contributed by atoms with E-state index in [1.807, 2.05) is 37.2 Å². The molecule has 0 aromatic heterocycles. The summed E-state index contributed by atoms with van der Waals surface area (Å²) in [5.74, 6) is -0.992. The van der Waals surface area contributed by atoms with Crippen molar-refractivity contribution in [2.45, 2.75) is 12.8 Å². The molecule has 0 saturated carbocycles. The van der Waals surface area contributed by atoms with E-state index in [9.17, 15) is 9.59 Å². The predicted molar refractivity (Wildman–Crippen MR) is 77.8 cm³/mol. The van der Waals surface area contributed by atoms with Crippen LogP contribution >= 0.6 is 0 Å². The van der Waals surface area contributed by atoms with E-state index < -0.39 is 5.97 Å². The van der Waals surface area contributed by atoms with Crippen molar-refractivity contribution in [3.63, 3.8) is 0 Å². The third kappa shape index (κ3) is 5.84. The number of hydrogen-bond acceptors (Lipinski definition) is 3. The Morgan fingerprint density at radius 3 is 2.25 bits per heavy atom. The lowest BCUT2D eigenvalue weighted by Gasteiger charge is -2.23. The molecule has 1 aromatic rings. The Morgan fingerprint density at radius 2 is 1.70 bits per heavy atom. The topological polar surface area (TPSA) is 60.9 Å². The van der Waals surface area contributed by atoms with Gasteiger partial charge in [-0.05, 0) is 39.2 Å². The van der Waals surface area contributed by atoms with Crippen LogP contribution in [0.4, 0.5) is 0 Å². The molecular weight excluding hydrogens is 256 g/mol. The summed E-state index contributed by atoms with van der Waals surface area (Å²) in [4.78, 5) is 26.7. The maximum absolute atomic E-state index is 12.4. The summed E-state index contributed by atoms with van der Waals surface area (Å²) < 4.78 is 0. The SMILES string of the molecule is CN(C)CCCN(CCC(=O)O)C(=O)c1ccccc1. The summed E-state index contributed by atoms with van der Waals surface area (Å²) >= 11 is 0. The highest BCUT2D eigenvalue weighted by atomic mass is 16.4. The molecule has 1 rings (SSSR count). The molecule has 0 aliphatic rings. The Hall–Kier alpha value is -1.88. The number of amides is 1. The van der Waals surface area contributed by atoms with Crippen LogP contribution in [0.3, 0.4) is 0 Å².